The predicted molar refractivity (Wildman–Crippen MR) is 79.3 cm³/mol. The van der Waals surface area contributed by atoms with Crippen LogP contribution in [-0.2, 0) is 6.54 Å². The summed E-state index contributed by atoms with van der Waals surface area (Å²) >= 11 is 3.27. The molecule has 2 fully saturated rings. The van der Waals surface area contributed by atoms with Crippen LogP contribution in [0.5, 0.6) is 0 Å². The van der Waals surface area contributed by atoms with Crippen molar-refractivity contribution in [2.45, 2.75) is 50.4 Å². The molecule has 0 radical (unpaired) electrons. The normalized spacial score (nSPS) is 29.1. The molecular formula is C14H17BrN4O2. The predicted octanol–water partition coefficient (Wildman–Crippen LogP) is 2.55. The zero-order chi connectivity index (χ0) is 14.4. The SMILES string of the molecule is NC1CC2CCC(C1)N2Cc1nnc(-c2ccc(Br)o2)o1. The van der Waals surface area contributed by atoms with E-state index in [-0.39, 0.29) is 0 Å². The molecule has 0 spiro atoms. The van der Waals surface area contributed by atoms with Gasteiger partial charge in [-0.25, -0.2) is 0 Å². The largest absolute Gasteiger partial charge is 0.444 e. The van der Waals surface area contributed by atoms with Crippen molar-refractivity contribution in [2.75, 3.05) is 0 Å². The zero-order valence-corrected chi connectivity index (χ0v) is 13.1. The number of nitrogens with zero attached hydrogens (tertiary/aromatic N) is 3. The minimum atomic E-state index is 0.345. The maximum atomic E-state index is 6.10. The minimum absolute atomic E-state index is 0.345. The summed E-state index contributed by atoms with van der Waals surface area (Å²) in [6.45, 7) is 0.705. The quantitative estimate of drug-likeness (QED) is 0.913. The Morgan fingerprint density at radius 2 is 1.95 bits per heavy atom. The summed E-state index contributed by atoms with van der Waals surface area (Å²) in [4.78, 5) is 2.47. The van der Waals surface area contributed by atoms with Gasteiger partial charge >= 0.3 is 0 Å². The van der Waals surface area contributed by atoms with Crippen molar-refractivity contribution in [3.63, 3.8) is 0 Å². The van der Waals surface area contributed by atoms with E-state index < -0.39 is 0 Å². The molecule has 2 aromatic heterocycles. The van der Waals surface area contributed by atoms with Crippen LogP contribution < -0.4 is 5.73 Å². The van der Waals surface area contributed by atoms with Crippen LogP contribution >= 0.6 is 15.9 Å². The van der Waals surface area contributed by atoms with Gasteiger partial charge in [0.2, 0.25) is 5.89 Å². The third-order valence-electron chi connectivity index (χ3n) is 4.49. The molecule has 2 aromatic rings. The molecule has 2 N–H and O–H groups in total. The first-order chi connectivity index (χ1) is 10.2. The molecule has 0 saturated carbocycles. The highest BCUT2D eigenvalue weighted by Crippen LogP contribution is 2.36. The van der Waals surface area contributed by atoms with Crippen LogP contribution in [0.25, 0.3) is 11.7 Å². The lowest BCUT2D eigenvalue weighted by atomic mass is 9.98. The molecule has 7 heteroatoms. The highest BCUT2D eigenvalue weighted by Gasteiger charge is 2.40. The van der Waals surface area contributed by atoms with Crippen LogP contribution in [0.15, 0.2) is 25.6 Å². The maximum Gasteiger partial charge on any atom is 0.283 e. The van der Waals surface area contributed by atoms with Crippen molar-refractivity contribution in [1.29, 1.82) is 0 Å². The summed E-state index contributed by atoms with van der Waals surface area (Å²) in [6, 6.07) is 5.09. The van der Waals surface area contributed by atoms with Gasteiger partial charge in [0.05, 0.1) is 6.54 Å². The fourth-order valence-corrected chi connectivity index (χ4v) is 3.88. The molecule has 0 aliphatic carbocycles. The number of aromatic nitrogens is 2. The Hall–Kier alpha value is -1.18. The lowest BCUT2D eigenvalue weighted by Crippen LogP contribution is -2.46. The summed E-state index contributed by atoms with van der Waals surface area (Å²) in [5.74, 6) is 1.66. The molecule has 21 heavy (non-hydrogen) atoms. The van der Waals surface area contributed by atoms with Crippen LogP contribution in [0.1, 0.15) is 31.6 Å². The zero-order valence-electron chi connectivity index (χ0n) is 11.5. The third kappa shape index (κ3) is 2.54. The molecule has 2 aliphatic heterocycles. The molecule has 2 bridgehead atoms. The van der Waals surface area contributed by atoms with Gasteiger partial charge in [-0.15, -0.1) is 10.2 Å². The van der Waals surface area contributed by atoms with E-state index in [1.807, 2.05) is 12.1 Å². The van der Waals surface area contributed by atoms with Crippen molar-refractivity contribution < 1.29 is 8.83 Å². The Labute approximate surface area is 130 Å². The van der Waals surface area contributed by atoms with E-state index in [2.05, 4.69) is 31.0 Å². The van der Waals surface area contributed by atoms with E-state index in [0.29, 0.717) is 46.9 Å². The maximum absolute atomic E-state index is 6.10. The molecule has 0 amide bonds. The van der Waals surface area contributed by atoms with Gasteiger partial charge in [-0.2, -0.15) is 0 Å². The second-order valence-electron chi connectivity index (χ2n) is 5.89. The van der Waals surface area contributed by atoms with Crippen molar-refractivity contribution >= 4 is 15.9 Å². The van der Waals surface area contributed by atoms with E-state index in [9.17, 15) is 0 Å². The molecule has 6 nitrogen and oxygen atoms in total. The minimum Gasteiger partial charge on any atom is -0.444 e. The fraction of sp³-hybridized carbons (Fsp3) is 0.571. The summed E-state index contributed by atoms with van der Waals surface area (Å²) in [7, 11) is 0. The van der Waals surface area contributed by atoms with Crippen molar-refractivity contribution in [3.05, 3.63) is 22.7 Å². The summed E-state index contributed by atoms with van der Waals surface area (Å²) < 4.78 is 11.8. The topological polar surface area (TPSA) is 81.3 Å². The first kappa shape index (κ1) is 13.5. The average molecular weight is 353 g/mol. The second kappa shape index (κ2) is 5.23. The van der Waals surface area contributed by atoms with Crippen LogP contribution in [0.4, 0.5) is 0 Å². The number of rotatable bonds is 3. The molecule has 112 valence electrons. The lowest BCUT2D eigenvalue weighted by Gasteiger charge is -2.36. The van der Waals surface area contributed by atoms with E-state index in [0.717, 1.165) is 12.8 Å². The van der Waals surface area contributed by atoms with Crippen LogP contribution in [0, 0.1) is 0 Å². The van der Waals surface area contributed by atoms with E-state index in [4.69, 9.17) is 14.6 Å². The molecule has 4 heterocycles. The molecule has 2 atom stereocenters. The smallest absolute Gasteiger partial charge is 0.283 e. The first-order valence-electron chi connectivity index (χ1n) is 7.28. The standard InChI is InChI=1S/C14H17BrN4O2/c15-12-4-3-11(20-12)14-18-17-13(21-14)7-19-9-1-2-10(19)6-8(16)5-9/h3-4,8-10H,1-2,5-7,16H2. The van der Waals surface area contributed by atoms with Gasteiger partial charge in [0.15, 0.2) is 10.4 Å². The van der Waals surface area contributed by atoms with Gasteiger partial charge in [0.1, 0.15) is 0 Å². The summed E-state index contributed by atoms with van der Waals surface area (Å²) in [5.41, 5.74) is 6.10. The van der Waals surface area contributed by atoms with Crippen LogP contribution in [0.3, 0.4) is 0 Å². The van der Waals surface area contributed by atoms with Crippen LogP contribution in [0.2, 0.25) is 0 Å². The van der Waals surface area contributed by atoms with Gasteiger partial charge in [0.25, 0.3) is 5.89 Å². The van der Waals surface area contributed by atoms with Crippen molar-refractivity contribution in [1.82, 2.24) is 15.1 Å². The summed E-state index contributed by atoms with van der Waals surface area (Å²) in [6.07, 6.45) is 4.60. The monoisotopic (exact) mass is 352 g/mol. The van der Waals surface area contributed by atoms with Crippen molar-refractivity contribution in [2.24, 2.45) is 5.73 Å². The summed E-state index contributed by atoms with van der Waals surface area (Å²) in [5, 5.41) is 8.21. The fourth-order valence-electron chi connectivity index (χ4n) is 3.58. The Morgan fingerprint density at radius 3 is 2.62 bits per heavy atom. The number of nitrogens with two attached hydrogens (primary N) is 1. The van der Waals surface area contributed by atoms with E-state index in [1.54, 1.807) is 0 Å². The van der Waals surface area contributed by atoms with Gasteiger partial charge in [0, 0.05) is 18.1 Å². The molecule has 2 unspecified atom stereocenters. The third-order valence-corrected chi connectivity index (χ3v) is 4.92. The van der Waals surface area contributed by atoms with Crippen molar-refractivity contribution in [3.8, 4) is 11.7 Å². The van der Waals surface area contributed by atoms with Gasteiger partial charge in [-0.05, 0) is 53.7 Å². The number of hydrogen-bond donors (Lipinski definition) is 1. The van der Waals surface area contributed by atoms with Crippen LogP contribution in [-0.4, -0.2) is 33.2 Å². The Bertz CT molecular complexity index is 626. The number of piperidine rings is 1. The molecule has 2 saturated heterocycles. The lowest BCUT2D eigenvalue weighted by molar-refractivity contribution is 0.109. The Morgan fingerprint density at radius 1 is 1.19 bits per heavy atom. The number of halogens is 1. The molecular weight excluding hydrogens is 336 g/mol. The number of furan rings is 1. The van der Waals surface area contributed by atoms with Gasteiger partial charge < -0.3 is 14.6 Å². The average Bonchev–Trinajstić information content (AvgIpc) is 3.12. The Balaban J connectivity index is 1.50. The highest BCUT2D eigenvalue weighted by molar-refractivity contribution is 9.10. The highest BCUT2D eigenvalue weighted by atomic mass is 79.9. The van der Waals surface area contributed by atoms with Gasteiger partial charge in [-0.1, -0.05) is 0 Å². The second-order valence-corrected chi connectivity index (χ2v) is 6.68. The molecule has 0 aromatic carbocycles. The number of fused-ring (bicyclic) bond motifs is 2. The number of hydrogen-bond acceptors (Lipinski definition) is 6. The first-order valence-corrected chi connectivity index (χ1v) is 8.08. The molecule has 2 aliphatic rings. The Kier molecular flexibility index (Phi) is 3.35. The van der Waals surface area contributed by atoms with E-state index >= 15 is 0 Å². The van der Waals surface area contributed by atoms with Gasteiger partial charge in [-0.3, -0.25) is 4.90 Å². The van der Waals surface area contributed by atoms with E-state index in [1.165, 1.54) is 12.8 Å². The molecule has 4 rings (SSSR count).